The van der Waals surface area contributed by atoms with Crippen LogP contribution in [0.4, 0.5) is 5.13 Å². The second-order valence-electron chi connectivity index (χ2n) is 5.64. The molecule has 130 valence electrons. The highest BCUT2D eigenvalue weighted by Crippen LogP contribution is 2.26. The Labute approximate surface area is 158 Å². The van der Waals surface area contributed by atoms with Crippen molar-refractivity contribution in [1.82, 2.24) is 9.97 Å². The van der Waals surface area contributed by atoms with Crippen LogP contribution in [0.1, 0.15) is 21.1 Å². The van der Waals surface area contributed by atoms with Crippen LogP contribution >= 0.6 is 22.7 Å². The first-order chi connectivity index (χ1) is 12.7. The van der Waals surface area contributed by atoms with Gasteiger partial charge in [0.1, 0.15) is 17.4 Å². The number of aryl methyl sites for hydroxylation is 1. The maximum absolute atomic E-state index is 12.4. The van der Waals surface area contributed by atoms with E-state index in [1.54, 1.807) is 35.6 Å². The number of hydrogen-bond acceptors (Lipinski definition) is 6. The summed E-state index contributed by atoms with van der Waals surface area (Å²) < 4.78 is 6.75. The maximum Gasteiger partial charge on any atom is 0.257 e. The van der Waals surface area contributed by atoms with Gasteiger partial charge in [-0.15, -0.1) is 11.3 Å². The number of nitrogens with one attached hydrogen (secondary N) is 1. The molecular weight excluding hydrogens is 366 g/mol. The third kappa shape index (κ3) is 3.74. The lowest BCUT2D eigenvalue weighted by atomic mass is 10.2. The summed E-state index contributed by atoms with van der Waals surface area (Å²) in [6.07, 6.45) is 0. The van der Waals surface area contributed by atoms with Crippen molar-refractivity contribution in [2.75, 3.05) is 5.32 Å². The molecule has 0 unspecified atom stereocenters. The summed E-state index contributed by atoms with van der Waals surface area (Å²) in [5.41, 5.74) is 2.44. The second-order valence-corrected chi connectivity index (χ2v) is 7.61. The van der Waals surface area contributed by atoms with Crippen LogP contribution in [-0.2, 0) is 6.61 Å². The number of nitrogens with zero attached hydrogens (tertiary/aromatic N) is 2. The highest BCUT2D eigenvalue weighted by Gasteiger charge is 2.10. The highest BCUT2D eigenvalue weighted by molar-refractivity contribution is 7.22. The van der Waals surface area contributed by atoms with Gasteiger partial charge < -0.3 is 4.74 Å². The number of thiazole rings is 2. The smallest absolute Gasteiger partial charge is 0.257 e. The van der Waals surface area contributed by atoms with Crippen molar-refractivity contribution in [3.8, 4) is 5.75 Å². The van der Waals surface area contributed by atoms with Crippen LogP contribution in [0.3, 0.4) is 0 Å². The van der Waals surface area contributed by atoms with Gasteiger partial charge in [-0.05, 0) is 43.3 Å². The molecular formula is C19H15N3O2S2. The first kappa shape index (κ1) is 16.7. The molecule has 0 fully saturated rings. The zero-order valence-corrected chi connectivity index (χ0v) is 15.6. The Kier molecular flexibility index (Phi) is 4.64. The number of fused-ring (bicyclic) bond motifs is 1. The van der Waals surface area contributed by atoms with Crippen molar-refractivity contribution in [3.05, 3.63) is 70.2 Å². The van der Waals surface area contributed by atoms with E-state index < -0.39 is 0 Å². The van der Waals surface area contributed by atoms with E-state index in [0.29, 0.717) is 23.1 Å². The Morgan fingerprint density at radius 2 is 1.92 bits per heavy atom. The molecule has 0 bridgehead atoms. The highest BCUT2D eigenvalue weighted by atomic mass is 32.1. The number of carbonyl (C=O) groups is 1. The summed E-state index contributed by atoms with van der Waals surface area (Å²) in [7, 11) is 0. The third-order valence-corrected chi connectivity index (χ3v) is 5.55. The molecule has 1 amide bonds. The summed E-state index contributed by atoms with van der Waals surface area (Å²) in [5.74, 6) is 0.514. The van der Waals surface area contributed by atoms with E-state index in [-0.39, 0.29) is 5.91 Å². The summed E-state index contributed by atoms with van der Waals surface area (Å²) in [6, 6.07) is 14.9. The summed E-state index contributed by atoms with van der Waals surface area (Å²) in [4.78, 5) is 21.2. The average molecular weight is 381 g/mol. The Balaban J connectivity index is 1.40. The van der Waals surface area contributed by atoms with Crippen LogP contribution in [0.2, 0.25) is 0 Å². The monoisotopic (exact) mass is 381 g/mol. The van der Waals surface area contributed by atoms with Gasteiger partial charge in [0.25, 0.3) is 5.91 Å². The van der Waals surface area contributed by atoms with E-state index in [4.69, 9.17) is 4.74 Å². The van der Waals surface area contributed by atoms with Crippen LogP contribution in [0.25, 0.3) is 10.2 Å². The van der Waals surface area contributed by atoms with Gasteiger partial charge in [0.15, 0.2) is 5.13 Å². The molecule has 7 heteroatoms. The number of para-hydroxylation sites is 1. The standard InChI is InChI=1S/C19H15N3O2S2/c1-12-11-25-17(20-12)10-24-14-8-6-13(7-9-14)18(23)22-19-21-15-4-2-3-5-16(15)26-19/h2-9,11H,10H2,1H3,(H,21,22,23). The minimum atomic E-state index is -0.189. The fourth-order valence-electron chi connectivity index (χ4n) is 2.41. The molecule has 0 atom stereocenters. The predicted molar refractivity (Wildman–Crippen MR) is 105 cm³/mol. The van der Waals surface area contributed by atoms with E-state index >= 15 is 0 Å². The van der Waals surface area contributed by atoms with Crippen molar-refractivity contribution < 1.29 is 9.53 Å². The number of amides is 1. The molecule has 1 N–H and O–H groups in total. The Morgan fingerprint density at radius 3 is 2.65 bits per heavy atom. The molecule has 0 aliphatic carbocycles. The lowest BCUT2D eigenvalue weighted by Crippen LogP contribution is -2.11. The van der Waals surface area contributed by atoms with Crippen LogP contribution in [-0.4, -0.2) is 15.9 Å². The number of hydrogen-bond donors (Lipinski definition) is 1. The summed E-state index contributed by atoms with van der Waals surface area (Å²) in [5, 5.41) is 6.37. The van der Waals surface area contributed by atoms with Gasteiger partial charge in [-0.1, -0.05) is 23.5 Å². The van der Waals surface area contributed by atoms with Gasteiger partial charge in [0.2, 0.25) is 0 Å². The lowest BCUT2D eigenvalue weighted by Gasteiger charge is -2.05. The molecule has 4 rings (SSSR count). The Hall–Kier alpha value is -2.77. The number of anilines is 1. The van der Waals surface area contributed by atoms with Gasteiger partial charge in [0, 0.05) is 16.6 Å². The molecule has 5 nitrogen and oxygen atoms in total. The van der Waals surface area contributed by atoms with E-state index in [0.717, 1.165) is 20.9 Å². The molecule has 0 aliphatic heterocycles. The van der Waals surface area contributed by atoms with Gasteiger partial charge in [-0.3, -0.25) is 10.1 Å². The first-order valence-electron chi connectivity index (χ1n) is 7.98. The molecule has 2 aromatic carbocycles. The fraction of sp³-hybridized carbons (Fsp3) is 0.105. The van der Waals surface area contributed by atoms with Crippen molar-refractivity contribution in [1.29, 1.82) is 0 Å². The van der Waals surface area contributed by atoms with Crippen LogP contribution in [0.5, 0.6) is 5.75 Å². The largest absolute Gasteiger partial charge is 0.486 e. The zero-order chi connectivity index (χ0) is 17.9. The normalized spacial score (nSPS) is 10.8. The molecule has 0 aliphatic rings. The van der Waals surface area contributed by atoms with Crippen LogP contribution in [0, 0.1) is 6.92 Å². The minimum absolute atomic E-state index is 0.189. The maximum atomic E-state index is 12.4. The number of aromatic nitrogens is 2. The van der Waals surface area contributed by atoms with Crippen molar-refractivity contribution >= 4 is 43.9 Å². The van der Waals surface area contributed by atoms with Crippen molar-refractivity contribution in [2.24, 2.45) is 0 Å². The molecule has 2 aromatic heterocycles. The minimum Gasteiger partial charge on any atom is -0.486 e. The van der Waals surface area contributed by atoms with Gasteiger partial charge in [-0.25, -0.2) is 9.97 Å². The SMILES string of the molecule is Cc1csc(COc2ccc(C(=O)Nc3nc4ccccc4s3)cc2)n1. The zero-order valence-electron chi connectivity index (χ0n) is 13.9. The van der Waals surface area contributed by atoms with E-state index in [1.165, 1.54) is 11.3 Å². The predicted octanol–water partition coefficient (Wildman–Crippen LogP) is 4.89. The fourth-order valence-corrected chi connectivity index (χ4v) is 3.96. The van der Waals surface area contributed by atoms with Crippen LogP contribution < -0.4 is 10.1 Å². The molecule has 26 heavy (non-hydrogen) atoms. The van der Waals surface area contributed by atoms with E-state index in [2.05, 4.69) is 15.3 Å². The molecule has 4 aromatic rings. The van der Waals surface area contributed by atoms with Gasteiger partial charge >= 0.3 is 0 Å². The summed E-state index contributed by atoms with van der Waals surface area (Å²) in [6.45, 7) is 2.38. The van der Waals surface area contributed by atoms with Gasteiger partial charge in [0.05, 0.1) is 10.2 Å². The lowest BCUT2D eigenvalue weighted by molar-refractivity contribution is 0.102. The average Bonchev–Trinajstić information content (AvgIpc) is 3.25. The number of rotatable bonds is 5. The quantitative estimate of drug-likeness (QED) is 0.534. The topological polar surface area (TPSA) is 64.1 Å². The van der Waals surface area contributed by atoms with Crippen molar-refractivity contribution in [2.45, 2.75) is 13.5 Å². The Morgan fingerprint density at radius 1 is 1.12 bits per heavy atom. The molecule has 0 spiro atoms. The third-order valence-electron chi connectivity index (χ3n) is 3.66. The van der Waals surface area contributed by atoms with E-state index in [1.807, 2.05) is 36.6 Å². The Bertz CT molecular complexity index is 1020. The second kappa shape index (κ2) is 7.23. The number of carbonyl (C=O) groups excluding carboxylic acids is 1. The number of benzene rings is 2. The van der Waals surface area contributed by atoms with Crippen molar-refractivity contribution in [3.63, 3.8) is 0 Å². The van der Waals surface area contributed by atoms with Gasteiger partial charge in [-0.2, -0.15) is 0 Å². The van der Waals surface area contributed by atoms with E-state index in [9.17, 15) is 4.79 Å². The first-order valence-corrected chi connectivity index (χ1v) is 9.68. The number of ether oxygens (including phenoxy) is 1. The van der Waals surface area contributed by atoms with Crippen LogP contribution in [0.15, 0.2) is 53.9 Å². The molecule has 0 saturated heterocycles. The summed E-state index contributed by atoms with van der Waals surface area (Å²) >= 11 is 3.03. The molecule has 0 radical (unpaired) electrons. The molecule has 0 saturated carbocycles. The molecule has 2 heterocycles.